The molecule has 128 valence electrons. The minimum absolute atomic E-state index is 0.287. The second-order valence-electron chi connectivity index (χ2n) is 6.68. The molecule has 2 heterocycles. The number of likely N-dealkylation sites (tertiary alicyclic amines) is 1. The molecule has 0 radical (unpaired) electrons. The van der Waals surface area contributed by atoms with Gasteiger partial charge < -0.3 is 9.47 Å². The number of nitrogens with zero attached hydrogens (tertiary/aromatic N) is 3. The first-order valence-corrected chi connectivity index (χ1v) is 9.02. The van der Waals surface area contributed by atoms with Gasteiger partial charge in [0.2, 0.25) is 5.91 Å². The van der Waals surface area contributed by atoms with Crippen molar-refractivity contribution in [1.29, 1.82) is 0 Å². The van der Waals surface area contributed by atoms with Crippen molar-refractivity contribution in [3.05, 3.63) is 53.6 Å². The molecule has 0 N–H and O–H groups in total. The molecule has 0 unspecified atom stereocenters. The summed E-state index contributed by atoms with van der Waals surface area (Å²) >= 11 is 0. The van der Waals surface area contributed by atoms with E-state index < -0.39 is 0 Å². The van der Waals surface area contributed by atoms with Crippen LogP contribution in [0.25, 0.3) is 0 Å². The smallest absolute Gasteiger partial charge is 0.223 e. The van der Waals surface area contributed by atoms with Gasteiger partial charge in [0.1, 0.15) is 5.82 Å². The van der Waals surface area contributed by atoms with Crippen molar-refractivity contribution in [1.82, 2.24) is 14.5 Å². The van der Waals surface area contributed by atoms with Crippen molar-refractivity contribution < 1.29 is 4.79 Å². The molecule has 3 rings (SSSR count). The molecular weight excluding hydrogens is 298 g/mol. The van der Waals surface area contributed by atoms with Crippen LogP contribution in [0.1, 0.15) is 43.1 Å². The molecule has 1 atom stereocenters. The Bertz CT molecular complexity index is 674. The summed E-state index contributed by atoms with van der Waals surface area (Å²) in [6, 6.07) is 8.96. The maximum Gasteiger partial charge on any atom is 0.223 e. The monoisotopic (exact) mass is 325 g/mol. The largest absolute Gasteiger partial charge is 0.338 e. The van der Waals surface area contributed by atoms with E-state index in [1.54, 1.807) is 0 Å². The molecule has 0 saturated carbocycles. The highest BCUT2D eigenvalue weighted by Gasteiger charge is 2.28. The molecular formula is C20H27N3O. The molecule has 1 amide bonds. The Morgan fingerprint density at radius 2 is 2.00 bits per heavy atom. The summed E-state index contributed by atoms with van der Waals surface area (Å²) in [5.74, 6) is 1.31. The predicted octanol–water partition coefficient (Wildman–Crippen LogP) is 3.38. The van der Waals surface area contributed by atoms with E-state index in [2.05, 4.69) is 45.6 Å². The number of hydrogen-bond acceptors (Lipinski definition) is 2. The third kappa shape index (κ3) is 3.86. The van der Waals surface area contributed by atoms with Crippen molar-refractivity contribution >= 4 is 5.91 Å². The van der Waals surface area contributed by atoms with Crippen LogP contribution in [0.4, 0.5) is 0 Å². The molecule has 1 aliphatic rings. The van der Waals surface area contributed by atoms with Gasteiger partial charge in [-0.25, -0.2) is 4.98 Å². The molecule has 0 aliphatic carbocycles. The molecule has 1 saturated heterocycles. The van der Waals surface area contributed by atoms with Gasteiger partial charge in [-0.1, -0.05) is 31.2 Å². The topological polar surface area (TPSA) is 38.1 Å². The number of carbonyl (C=O) groups is 1. The molecule has 0 spiro atoms. The number of carbonyl (C=O) groups excluding carboxylic acids is 1. The van der Waals surface area contributed by atoms with Crippen molar-refractivity contribution in [2.45, 2.75) is 58.5 Å². The van der Waals surface area contributed by atoms with Crippen LogP contribution in [-0.4, -0.2) is 32.9 Å². The summed E-state index contributed by atoms with van der Waals surface area (Å²) in [5, 5.41) is 0. The SMILES string of the molecule is CCc1ccc(CCC(=O)N2CCC[C@@H]2Cn2ccnc2C)cc1. The van der Waals surface area contributed by atoms with Gasteiger partial charge in [-0.3, -0.25) is 4.79 Å². The molecule has 1 aliphatic heterocycles. The molecule has 0 bridgehead atoms. The number of rotatable bonds is 6. The van der Waals surface area contributed by atoms with Crippen LogP contribution in [0.2, 0.25) is 0 Å². The molecule has 1 aromatic carbocycles. The number of hydrogen-bond donors (Lipinski definition) is 0. The normalized spacial score (nSPS) is 17.4. The minimum Gasteiger partial charge on any atom is -0.338 e. The highest BCUT2D eigenvalue weighted by Crippen LogP contribution is 2.21. The summed E-state index contributed by atoms with van der Waals surface area (Å²) in [4.78, 5) is 19.0. The van der Waals surface area contributed by atoms with E-state index in [1.807, 2.05) is 19.3 Å². The van der Waals surface area contributed by atoms with Gasteiger partial charge in [-0.2, -0.15) is 0 Å². The zero-order valence-corrected chi connectivity index (χ0v) is 14.7. The van der Waals surface area contributed by atoms with Crippen LogP contribution >= 0.6 is 0 Å². The number of imidazole rings is 1. The molecule has 1 fully saturated rings. The van der Waals surface area contributed by atoms with E-state index in [1.165, 1.54) is 11.1 Å². The predicted molar refractivity (Wildman–Crippen MR) is 95.8 cm³/mol. The number of benzene rings is 1. The Kier molecular flexibility index (Phi) is 5.34. The maximum atomic E-state index is 12.7. The number of aromatic nitrogens is 2. The average molecular weight is 325 g/mol. The van der Waals surface area contributed by atoms with E-state index in [-0.39, 0.29) is 5.91 Å². The lowest BCUT2D eigenvalue weighted by atomic mass is 10.1. The minimum atomic E-state index is 0.287. The van der Waals surface area contributed by atoms with Crippen molar-refractivity contribution in [2.24, 2.45) is 0 Å². The summed E-state index contributed by atoms with van der Waals surface area (Å²) in [6.45, 7) is 5.93. The fraction of sp³-hybridized carbons (Fsp3) is 0.500. The highest BCUT2D eigenvalue weighted by atomic mass is 16.2. The van der Waals surface area contributed by atoms with E-state index in [9.17, 15) is 4.79 Å². The Morgan fingerprint density at radius 1 is 1.25 bits per heavy atom. The summed E-state index contributed by atoms with van der Waals surface area (Å²) < 4.78 is 2.15. The van der Waals surface area contributed by atoms with Crippen molar-refractivity contribution in [3.63, 3.8) is 0 Å². The molecule has 4 nitrogen and oxygen atoms in total. The highest BCUT2D eigenvalue weighted by molar-refractivity contribution is 5.77. The Hall–Kier alpha value is -2.10. The number of aryl methyl sites for hydroxylation is 3. The van der Waals surface area contributed by atoms with E-state index in [4.69, 9.17) is 0 Å². The third-order valence-corrected chi connectivity index (χ3v) is 5.09. The van der Waals surface area contributed by atoms with Crippen LogP contribution < -0.4 is 0 Å². The standard InChI is InChI=1S/C20H27N3O/c1-3-17-6-8-18(9-7-17)10-11-20(24)23-13-4-5-19(23)15-22-14-12-21-16(22)2/h6-9,12,14,19H,3-5,10-11,13,15H2,1-2H3/t19-/m1/s1. The van der Waals surface area contributed by atoms with E-state index in [0.717, 1.165) is 44.6 Å². The summed E-state index contributed by atoms with van der Waals surface area (Å²) in [6.07, 6.45) is 8.52. The first kappa shape index (κ1) is 16.7. The van der Waals surface area contributed by atoms with E-state index >= 15 is 0 Å². The van der Waals surface area contributed by atoms with Gasteiger partial charge in [-0.05, 0) is 43.7 Å². The van der Waals surface area contributed by atoms with E-state index in [0.29, 0.717) is 12.5 Å². The van der Waals surface area contributed by atoms with Gasteiger partial charge in [-0.15, -0.1) is 0 Å². The van der Waals surface area contributed by atoms with Gasteiger partial charge in [0.05, 0.1) is 0 Å². The maximum absolute atomic E-state index is 12.7. The van der Waals surface area contributed by atoms with Crippen LogP contribution in [-0.2, 0) is 24.2 Å². The fourth-order valence-corrected chi connectivity index (χ4v) is 3.51. The third-order valence-electron chi connectivity index (χ3n) is 5.09. The summed E-state index contributed by atoms with van der Waals surface area (Å²) in [5.41, 5.74) is 2.60. The lowest BCUT2D eigenvalue weighted by Gasteiger charge is -2.25. The van der Waals surface area contributed by atoms with Crippen LogP contribution in [0, 0.1) is 6.92 Å². The second kappa shape index (κ2) is 7.65. The van der Waals surface area contributed by atoms with Gasteiger partial charge in [0, 0.05) is 37.9 Å². The van der Waals surface area contributed by atoms with Crippen molar-refractivity contribution in [2.75, 3.05) is 6.54 Å². The Morgan fingerprint density at radius 3 is 2.67 bits per heavy atom. The van der Waals surface area contributed by atoms with Gasteiger partial charge >= 0.3 is 0 Å². The first-order chi connectivity index (χ1) is 11.7. The van der Waals surface area contributed by atoms with Crippen LogP contribution in [0.15, 0.2) is 36.7 Å². The molecule has 24 heavy (non-hydrogen) atoms. The van der Waals surface area contributed by atoms with Crippen LogP contribution in [0.3, 0.4) is 0 Å². The lowest BCUT2D eigenvalue weighted by Crippen LogP contribution is -2.38. The Labute approximate surface area is 144 Å². The quantitative estimate of drug-likeness (QED) is 0.816. The lowest BCUT2D eigenvalue weighted by molar-refractivity contribution is -0.132. The van der Waals surface area contributed by atoms with Gasteiger partial charge in [0.15, 0.2) is 0 Å². The zero-order valence-electron chi connectivity index (χ0n) is 14.7. The van der Waals surface area contributed by atoms with Crippen LogP contribution in [0.5, 0.6) is 0 Å². The second-order valence-corrected chi connectivity index (χ2v) is 6.68. The fourth-order valence-electron chi connectivity index (χ4n) is 3.51. The zero-order chi connectivity index (χ0) is 16.9. The van der Waals surface area contributed by atoms with Crippen molar-refractivity contribution in [3.8, 4) is 0 Å². The molecule has 4 heteroatoms. The summed E-state index contributed by atoms with van der Waals surface area (Å²) in [7, 11) is 0. The molecule has 1 aromatic heterocycles. The first-order valence-electron chi connectivity index (χ1n) is 9.02. The molecule has 2 aromatic rings. The Balaban J connectivity index is 1.56. The average Bonchev–Trinajstić information content (AvgIpc) is 3.23. The van der Waals surface area contributed by atoms with Gasteiger partial charge in [0.25, 0.3) is 0 Å². The number of amides is 1.